The van der Waals surface area contributed by atoms with Crippen molar-refractivity contribution in [2.75, 3.05) is 18.4 Å². The summed E-state index contributed by atoms with van der Waals surface area (Å²) in [4.78, 5) is 29.4. The van der Waals surface area contributed by atoms with E-state index in [9.17, 15) is 14.7 Å². The van der Waals surface area contributed by atoms with Crippen molar-refractivity contribution >= 4 is 17.6 Å². The molecule has 0 spiro atoms. The standard InChI is InChI=1S/C16H21N3O3/c1-10(20)11-3-5-15(17-7-11)18-16(22)19-8-12-2-4-14(21)6-13(12)9-19/h3,5,7,12-14,21H,2,4,6,8-9H2,1H3,(H,17,18,22). The van der Waals surface area contributed by atoms with E-state index in [4.69, 9.17) is 0 Å². The van der Waals surface area contributed by atoms with Crippen molar-refractivity contribution in [1.29, 1.82) is 0 Å². The molecule has 2 heterocycles. The lowest BCUT2D eigenvalue weighted by molar-refractivity contribution is 0.0866. The Morgan fingerprint density at radius 3 is 2.73 bits per heavy atom. The van der Waals surface area contributed by atoms with Gasteiger partial charge in [-0.2, -0.15) is 0 Å². The van der Waals surface area contributed by atoms with Gasteiger partial charge in [0.25, 0.3) is 0 Å². The predicted octanol–water partition coefficient (Wildman–Crippen LogP) is 1.91. The molecule has 2 N–H and O–H groups in total. The van der Waals surface area contributed by atoms with Crippen LogP contribution in [-0.2, 0) is 0 Å². The highest BCUT2D eigenvalue weighted by Gasteiger charge is 2.38. The lowest BCUT2D eigenvalue weighted by Gasteiger charge is -2.27. The number of hydrogen-bond acceptors (Lipinski definition) is 4. The van der Waals surface area contributed by atoms with Crippen LogP contribution in [-0.4, -0.2) is 46.0 Å². The van der Waals surface area contributed by atoms with Crippen molar-refractivity contribution in [2.45, 2.75) is 32.3 Å². The Morgan fingerprint density at radius 1 is 1.27 bits per heavy atom. The molecule has 1 aromatic rings. The first-order chi connectivity index (χ1) is 10.5. The lowest BCUT2D eigenvalue weighted by atomic mass is 9.80. The van der Waals surface area contributed by atoms with Crippen molar-refractivity contribution in [3.8, 4) is 0 Å². The van der Waals surface area contributed by atoms with Crippen molar-refractivity contribution in [2.24, 2.45) is 11.8 Å². The number of carbonyl (C=O) groups is 2. The third kappa shape index (κ3) is 3.11. The Morgan fingerprint density at radius 2 is 2.05 bits per heavy atom. The minimum Gasteiger partial charge on any atom is -0.393 e. The maximum absolute atomic E-state index is 12.3. The Balaban J connectivity index is 1.59. The Hall–Kier alpha value is -1.95. The van der Waals surface area contributed by atoms with E-state index in [1.165, 1.54) is 13.1 Å². The summed E-state index contributed by atoms with van der Waals surface area (Å²) in [6.45, 7) is 2.92. The van der Waals surface area contributed by atoms with Crippen molar-refractivity contribution in [1.82, 2.24) is 9.88 Å². The summed E-state index contributed by atoms with van der Waals surface area (Å²) in [6, 6.07) is 3.14. The lowest BCUT2D eigenvalue weighted by Crippen LogP contribution is -2.33. The van der Waals surface area contributed by atoms with Crippen LogP contribution in [0.2, 0.25) is 0 Å². The average Bonchev–Trinajstić information content (AvgIpc) is 2.91. The van der Waals surface area contributed by atoms with Gasteiger partial charge in [0.15, 0.2) is 5.78 Å². The molecule has 3 unspecified atom stereocenters. The molecule has 0 bridgehead atoms. The van der Waals surface area contributed by atoms with E-state index in [-0.39, 0.29) is 17.9 Å². The van der Waals surface area contributed by atoms with E-state index >= 15 is 0 Å². The number of hydrogen-bond donors (Lipinski definition) is 2. The number of Topliss-reactive ketones (excluding diaryl/α,β-unsaturated/α-hetero) is 1. The number of aliphatic hydroxyl groups is 1. The van der Waals surface area contributed by atoms with Crippen molar-refractivity contribution < 1.29 is 14.7 Å². The highest BCUT2D eigenvalue weighted by Crippen LogP contribution is 2.36. The number of urea groups is 1. The molecule has 2 aliphatic rings. The highest BCUT2D eigenvalue weighted by molar-refractivity contribution is 5.94. The summed E-state index contributed by atoms with van der Waals surface area (Å²) in [6.07, 6.45) is 3.87. The van der Waals surface area contributed by atoms with E-state index in [0.717, 1.165) is 25.8 Å². The van der Waals surface area contributed by atoms with Gasteiger partial charge in [0.1, 0.15) is 5.82 Å². The zero-order valence-corrected chi connectivity index (χ0v) is 12.7. The molecule has 6 nitrogen and oxygen atoms in total. The zero-order chi connectivity index (χ0) is 15.7. The van der Waals surface area contributed by atoms with Gasteiger partial charge in [-0.25, -0.2) is 9.78 Å². The molecule has 1 saturated heterocycles. The van der Waals surface area contributed by atoms with Crippen LogP contribution in [0, 0.1) is 11.8 Å². The van der Waals surface area contributed by atoms with Crippen molar-refractivity contribution in [3.63, 3.8) is 0 Å². The first kappa shape index (κ1) is 15.0. The number of carbonyl (C=O) groups excluding carboxylic acids is 2. The summed E-state index contributed by atoms with van der Waals surface area (Å²) >= 11 is 0. The predicted molar refractivity (Wildman–Crippen MR) is 81.7 cm³/mol. The normalized spacial score (nSPS) is 27.4. The number of pyridine rings is 1. The number of rotatable bonds is 2. The second-order valence-electron chi connectivity index (χ2n) is 6.31. The van der Waals surface area contributed by atoms with Gasteiger partial charge in [0.05, 0.1) is 6.10 Å². The minimum atomic E-state index is -0.218. The molecule has 0 aromatic carbocycles. The number of ketones is 1. The molecule has 1 saturated carbocycles. The molecule has 0 radical (unpaired) electrons. The largest absolute Gasteiger partial charge is 0.393 e. The molecule has 3 rings (SSSR count). The van der Waals surface area contributed by atoms with Gasteiger partial charge in [0.2, 0.25) is 0 Å². The second-order valence-corrected chi connectivity index (χ2v) is 6.31. The number of anilines is 1. The van der Waals surface area contributed by atoms with Gasteiger partial charge in [-0.05, 0) is 50.2 Å². The molecule has 6 heteroatoms. The van der Waals surface area contributed by atoms with Crippen molar-refractivity contribution in [3.05, 3.63) is 23.9 Å². The van der Waals surface area contributed by atoms with Crippen LogP contribution in [0.4, 0.5) is 10.6 Å². The van der Waals surface area contributed by atoms with Crippen LogP contribution in [0.15, 0.2) is 18.3 Å². The van der Waals surface area contributed by atoms with Gasteiger partial charge < -0.3 is 10.0 Å². The number of fused-ring (bicyclic) bond motifs is 1. The van der Waals surface area contributed by atoms with E-state index < -0.39 is 0 Å². The minimum absolute atomic E-state index is 0.0486. The Bertz CT molecular complexity index is 573. The number of nitrogens with one attached hydrogen (secondary N) is 1. The van der Waals surface area contributed by atoms with E-state index in [2.05, 4.69) is 10.3 Å². The molecule has 2 amide bonds. The molecular formula is C16H21N3O3. The number of nitrogens with zero attached hydrogens (tertiary/aromatic N) is 2. The van der Waals surface area contributed by atoms with Gasteiger partial charge in [-0.1, -0.05) is 0 Å². The number of aliphatic hydroxyl groups excluding tert-OH is 1. The van der Waals surface area contributed by atoms with Gasteiger partial charge in [-0.15, -0.1) is 0 Å². The molecule has 1 aliphatic carbocycles. The van der Waals surface area contributed by atoms with Crippen LogP contribution in [0.5, 0.6) is 0 Å². The summed E-state index contributed by atoms with van der Waals surface area (Å²) in [5.74, 6) is 1.31. The highest BCUT2D eigenvalue weighted by atomic mass is 16.3. The molecule has 1 aromatic heterocycles. The topological polar surface area (TPSA) is 82.5 Å². The van der Waals surface area contributed by atoms with Crippen LogP contribution in [0.1, 0.15) is 36.5 Å². The smallest absolute Gasteiger partial charge is 0.323 e. The van der Waals surface area contributed by atoms with Gasteiger partial charge >= 0.3 is 6.03 Å². The fourth-order valence-corrected chi connectivity index (χ4v) is 3.44. The molecule has 3 atom stereocenters. The van der Waals surface area contributed by atoms with E-state index in [0.29, 0.717) is 29.8 Å². The summed E-state index contributed by atoms with van der Waals surface area (Å²) in [7, 11) is 0. The Labute approximate surface area is 129 Å². The van der Waals surface area contributed by atoms with E-state index in [1.54, 1.807) is 17.0 Å². The van der Waals surface area contributed by atoms with Crippen LogP contribution in [0.3, 0.4) is 0 Å². The zero-order valence-electron chi connectivity index (χ0n) is 12.7. The van der Waals surface area contributed by atoms with Crippen LogP contribution in [0.25, 0.3) is 0 Å². The third-order valence-electron chi connectivity index (χ3n) is 4.71. The third-order valence-corrected chi connectivity index (χ3v) is 4.71. The van der Waals surface area contributed by atoms with Crippen LogP contribution >= 0.6 is 0 Å². The SMILES string of the molecule is CC(=O)c1ccc(NC(=O)N2CC3CCC(O)CC3C2)nc1. The quantitative estimate of drug-likeness (QED) is 0.818. The molecule has 2 fully saturated rings. The first-order valence-corrected chi connectivity index (χ1v) is 7.74. The molecule has 1 aliphatic heterocycles. The van der Waals surface area contributed by atoms with Gasteiger partial charge in [0, 0.05) is 24.8 Å². The first-order valence-electron chi connectivity index (χ1n) is 7.74. The summed E-state index contributed by atoms with van der Waals surface area (Å²) in [5.41, 5.74) is 0.527. The maximum Gasteiger partial charge on any atom is 0.323 e. The average molecular weight is 303 g/mol. The molecular weight excluding hydrogens is 282 g/mol. The summed E-state index contributed by atoms with van der Waals surface area (Å²) < 4.78 is 0. The fraction of sp³-hybridized carbons (Fsp3) is 0.562. The monoisotopic (exact) mass is 303 g/mol. The number of amides is 2. The summed E-state index contributed by atoms with van der Waals surface area (Å²) in [5, 5.41) is 12.5. The number of aromatic nitrogens is 1. The fourth-order valence-electron chi connectivity index (χ4n) is 3.44. The Kier molecular flexibility index (Phi) is 4.11. The maximum atomic E-state index is 12.3. The van der Waals surface area contributed by atoms with Gasteiger partial charge in [-0.3, -0.25) is 10.1 Å². The second kappa shape index (κ2) is 6.04. The van der Waals surface area contributed by atoms with Crippen LogP contribution < -0.4 is 5.32 Å². The molecule has 118 valence electrons. The number of likely N-dealkylation sites (tertiary alicyclic amines) is 1. The molecule has 22 heavy (non-hydrogen) atoms. The van der Waals surface area contributed by atoms with E-state index in [1.807, 2.05) is 0 Å².